The zero-order valence-electron chi connectivity index (χ0n) is 14.8. The minimum atomic E-state index is 0.532. The fourth-order valence-electron chi connectivity index (χ4n) is 3.53. The van der Waals surface area contributed by atoms with Crippen molar-refractivity contribution in [1.29, 1.82) is 0 Å². The molecule has 2 aromatic heterocycles. The zero-order valence-corrected chi connectivity index (χ0v) is 15.6. The lowest BCUT2D eigenvalue weighted by molar-refractivity contribution is 0.524. The summed E-state index contributed by atoms with van der Waals surface area (Å²) in [6, 6.07) is 11.4. The first-order valence-corrected chi connectivity index (χ1v) is 9.86. The van der Waals surface area contributed by atoms with Crippen LogP contribution in [-0.4, -0.2) is 29.1 Å². The van der Waals surface area contributed by atoms with Crippen molar-refractivity contribution in [2.75, 3.05) is 23.3 Å². The van der Waals surface area contributed by atoms with Crippen LogP contribution >= 0.6 is 11.3 Å². The molecule has 0 radical (unpaired) electrons. The largest absolute Gasteiger partial charge is 0.382 e. The molecule has 4 nitrogen and oxygen atoms in total. The van der Waals surface area contributed by atoms with E-state index in [1.54, 1.807) is 17.7 Å². The quantitative estimate of drug-likeness (QED) is 0.742. The number of thiophene rings is 1. The van der Waals surface area contributed by atoms with Crippen LogP contribution in [0.5, 0.6) is 0 Å². The van der Waals surface area contributed by atoms with Crippen molar-refractivity contribution in [3.8, 4) is 0 Å². The lowest BCUT2D eigenvalue weighted by Gasteiger charge is -2.33. The molecule has 3 heterocycles. The first kappa shape index (κ1) is 16.3. The molecule has 0 aliphatic carbocycles. The van der Waals surface area contributed by atoms with Gasteiger partial charge >= 0.3 is 0 Å². The Morgan fingerprint density at radius 2 is 2.04 bits per heavy atom. The second kappa shape index (κ2) is 7.00. The molecule has 130 valence electrons. The highest BCUT2D eigenvalue weighted by Crippen LogP contribution is 2.32. The Labute approximate surface area is 152 Å². The first-order chi connectivity index (χ1) is 12.2. The van der Waals surface area contributed by atoms with Crippen molar-refractivity contribution in [2.24, 2.45) is 0 Å². The highest BCUT2D eigenvalue weighted by Gasteiger charge is 2.22. The van der Waals surface area contributed by atoms with E-state index in [-0.39, 0.29) is 0 Å². The van der Waals surface area contributed by atoms with Crippen LogP contribution < -0.4 is 10.2 Å². The summed E-state index contributed by atoms with van der Waals surface area (Å²) in [5.74, 6) is 1.11. The van der Waals surface area contributed by atoms with Crippen molar-refractivity contribution < 1.29 is 0 Å². The molecule has 1 N–H and O–H groups in total. The van der Waals surface area contributed by atoms with Gasteiger partial charge in [-0.05, 0) is 49.9 Å². The van der Waals surface area contributed by atoms with Gasteiger partial charge in [-0.15, -0.1) is 11.3 Å². The molecule has 3 aromatic rings. The smallest absolute Gasteiger partial charge is 0.140 e. The normalized spacial score (nSPS) is 15.7. The minimum absolute atomic E-state index is 0.532. The van der Waals surface area contributed by atoms with Crippen LogP contribution in [0.15, 0.2) is 36.7 Å². The number of aryl methyl sites for hydroxylation is 2. The van der Waals surface area contributed by atoms with Crippen molar-refractivity contribution in [3.63, 3.8) is 0 Å². The summed E-state index contributed by atoms with van der Waals surface area (Å²) in [7, 11) is 0. The molecule has 1 fully saturated rings. The summed E-state index contributed by atoms with van der Waals surface area (Å²) in [6.07, 6.45) is 5.03. The van der Waals surface area contributed by atoms with Gasteiger partial charge in [-0.3, -0.25) is 0 Å². The Morgan fingerprint density at radius 1 is 1.20 bits per heavy atom. The maximum absolute atomic E-state index is 4.60. The van der Waals surface area contributed by atoms with Gasteiger partial charge in [-0.2, -0.15) is 0 Å². The summed E-state index contributed by atoms with van der Waals surface area (Å²) in [5.41, 5.74) is 2.53. The molecule has 0 bridgehead atoms. The summed E-state index contributed by atoms with van der Waals surface area (Å²) >= 11 is 1.79. The van der Waals surface area contributed by atoms with Gasteiger partial charge in [0.1, 0.15) is 17.0 Å². The van der Waals surface area contributed by atoms with Gasteiger partial charge < -0.3 is 10.2 Å². The van der Waals surface area contributed by atoms with E-state index in [4.69, 9.17) is 0 Å². The maximum atomic E-state index is 4.60. The van der Waals surface area contributed by atoms with Crippen LogP contribution in [0.1, 0.15) is 30.2 Å². The Morgan fingerprint density at radius 3 is 2.80 bits per heavy atom. The average Bonchev–Trinajstić information content (AvgIpc) is 3.06. The number of anilines is 2. The summed E-state index contributed by atoms with van der Waals surface area (Å²) in [4.78, 5) is 14.0. The van der Waals surface area contributed by atoms with Gasteiger partial charge in [-0.1, -0.05) is 19.1 Å². The number of piperidine rings is 1. The summed E-state index contributed by atoms with van der Waals surface area (Å²) in [6.45, 7) is 6.40. The van der Waals surface area contributed by atoms with Gasteiger partial charge in [-0.25, -0.2) is 9.97 Å². The highest BCUT2D eigenvalue weighted by molar-refractivity contribution is 7.18. The Kier molecular flexibility index (Phi) is 4.57. The molecule has 0 spiro atoms. The molecule has 1 aliphatic heterocycles. The Bertz CT molecular complexity index is 865. The molecular weight excluding hydrogens is 328 g/mol. The van der Waals surface area contributed by atoms with Crippen molar-refractivity contribution >= 4 is 33.1 Å². The third-order valence-electron chi connectivity index (χ3n) is 4.89. The molecule has 0 saturated carbocycles. The number of rotatable bonds is 4. The van der Waals surface area contributed by atoms with E-state index in [0.29, 0.717) is 6.04 Å². The number of hydrogen-bond acceptors (Lipinski definition) is 5. The van der Waals surface area contributed by atoms with Crippen LogP contribution in [0, 0.1) is 6.92 Å². The third-order valence-corrected chi connectivity index (χ3v) is 6.08. The van der Waals surface area contributed by atoms with Crippen LogP contribution in [0.25, 0.3) is 10.2 Å². The van der Waals surface area contributed by atoms with E-state index in [0.717, 1.165) is 43.0 Å². The summed E-state index contributed by atoms with van der Waals surface area (Å²) < 4.78 is 0. The first-order valence-electron chi connectivity index (χ1n) is 9.04. The molecule has 25 heavy (non-hydrogen) atoms. The number of nitrogens with zero attached hydrogens (tertiary/aromatic N) is 3. The number of benzene rings is 1. The highest BCUT2D eigenvalue weighted by atomic mass is 32.1. The van der Waals surface area contributed by atoms with E-state index in [1.165, 1.54) is 21.5 Å². The molecular formula is C20H24N4S. The van der Waals surface area contributed by atoms with Crippen molar-refractivity contribution in [2.45, 2.75) is 39.2 Å². The summed E-state index contributed by atoms with van der Waals surface area (Å²) in [5, 5.41) is 4.90. The number of nitrogens with one attached hydrogen (secondary N) is 1. The molecule has 1 aromatic carbocycles. The molecule has 0 unspecified atom stereocenters. The van der Waals surface area contributed by atoms with E-state index in [1.807, 2.05) is 0 Å². The number of aromatic nitrogens is 2. The van der Waals surface area contributed by atoms with Crippen molar-refractivity contribution in [3.05, 3.63) is 47.1 Å². The molecule has 4 rings (SSSR count). The average molecular weight is 353 g/mol. The Balaban J connectivity index is 1.46. The predicted octanol–water partition coefficient (Wildman–Crippen LogP) is 4.64. The topological polar surface area (TPSA) is 41.0 Å². The number of fused-ring (bicyclic) bond motifs is 1. The zero-order chi connectivity index (χ0) is 17.2. The second-order valence-electron chi connectivity index (χ2n) is 6.76. The molecule has 0 atom stereocenters. The standard InChI is InChI=1S/C20H24N4S/c1-3-17-12-18-19(21-13-22-20(18)25-17)24-9-7-15(8-10-24)23-16-6-4-5-14(2)11-16/h4-6,11-13,15,23H,3,7-10H2,1-2H3. The van der Waals surface area contributed by atoms with Crippen LogP contribution in [-0.2, 0) is 6.42 Å². The van der Waals surface area contributed by atoms with E-state index < -0.39 is 0 Å². The second-order valence-corrected chi connectivity index (χ2v) is 7.87. The monoisotopic (exact) mass is 352 g/mol. The van der Waals surface area contributed by atoms with Gasteiger partial charge in [0.05, 0.1) is 5.39 Å². The lowest BCUT2D eigenvalue weighted by Crippen LogP contribution is -2.39. The molecule has 1 saturated heterocycles. The predicted molar refractivity (Wildman–Crippen MR) is 107 cm³/mol. The van der Waals surface area contributed by atoms with Gasteiger partial charge in [0.15, 0.2) is 0 Å². The molecule has 1 aliphatic rings. The Hall–Kier alpha value is -2.14. The number of hydrogen-bond donors (Lipinski definition) is 1. The van der Waals surface area contributed by atoms with Crippen molar-refractivity contribution in [1.82, 2.24) is 9.97 Å². The molecule has 5 heteroatoms. The van der Waals surface area contributed by atoms with Crippen LogP contribution in [0.2, 0.25) is 0 Å². The van der Waals surface area contributed by atoms with Crippen LogP contribution in [0.3, 0.4) is 0 Å². The fraction of sp³-hybridized carbons (Fsp3) is 0.400. The maximum Gasteiger partial charge on any atom is 0.140 e. The third kappa shape index (κ3) is 3.47. The van der Waals surface area contributed by atoms with E-state index in [2.05, 4.69) is 64.4 Å². The minimum Gasteiger partial charge on any atom is -0.382 e. The SMILES string of the molecule is CCc1cc2c(N3CCC(Nc4cccc(C)c4)CC3)ncnc2s1. The molecule has 0 amide bonds. The van der Waals surface area contributed by atoms with Gasteiger partial charge in [0.2, 0.25) is 0 Å². The lowest BCUT2D eigenvalue weighted by atomic mass is 10.0. The van der Waals surface area contributed by atoms with E-state index in [9.17, 15) is 0 Å². The van der Waals surface area contributed by atoms with Gasteiger partial charge in [0, 0.05) is 29.7 Å². The fourth-order valence-corrected chi connectivity index (χ4v) is 4.45. The van der Waals surface area contributed by atoms with Gasteiger partial charge in [0.25, 0.3) is 0 Å². The van der Waals surface area contributed by atoms with Crippen LogP contribution in [0.4, 0.5) is 11.5 Å². The van der Waals surface area contributed by atoms with E-state index >= 15 is 0 Å².